The van der Waals surface area contributed by atoms with Crippen molar-refractivity contribution < 1.29 is 14.7 Å². The van der Waals surface area contributed by atoms with Crippen LogP contribution in [0, 0.1) is 0 Å². The highest BCUT2D eigenvalue weighted by Crippen LogP contribution is 2.12. The molecular formula is C11H10N6O4S. The second-order valence-corrected chi connectivity index (χ2v) is 4.87. The van der Waals surface area contributed by atoms with Crippen molar-refractivity contribution in [3.63, 3.8) is 0 Å². The summed E-state index contributed by atoms with van der Waals surface area (Å²) in [4.78, 5) is 47.1. The van der Waals surface area contributed by atoms with E-state index in [1.165, 1.54) is 0 Å². The van der Waals surface area contributed by atoms with Crippen LogP contribution in [0.25, 0.3) is 0 Å². The van der Waals surface area contributed by atoms with Crippen molar-refractivity contribution in [2.24, 2.45) is 0 Å². The molecule has 0 aliphatic rings. The third kappa shape index (κ3) is 4.28. The van der Waals surface area contributed by atoms with E-state index in [1.54, 1.807) is 0 Å². The number of nitrogens with zero attached hydrogens (tertiary/aromatic N) is 3. The number of nitrogens with one attached hydrogen (secondary N) is 2. The minimum atomic E-state index is -1.21. The molecule has 1 amide bonds. The fourth-order valence-corrected chi connectivity index (χ4v) is 2.02. The van der Waals surface area contributed by atoms with Gasteiger partial charge in [0, 0.05) is 6.07 Å². The van der Waals surface area contributed by atoms with Crippen molar-refractivity contribution in [2.45, 2.75) is 5.16 Å². The lowest BCUT2D eigenvalue weighted by Gasteiger charge is -2.04. The molecule has 0 aromatic carbocycles. The van der Waals surface area contributed by atoms with Gasteiger partial charge in [-0.3, -0.25) is 9.59 Å². The molecule has 2 aromatic rings. The predicted molar refractivity (Wildman–Crippen MR) is 77.6 cm³/mol. The maximum absolute atomic E-state index is 11.7. The quantitative estimate of drug-likeness (QED) is 0.422. The summed E-state index contributed by atoms with van der Waals surface area (Å²) in [7, 11) is 0. The van der Waals surface area contributed by atoms with E-state index in [9.17, 15) is 14.4 Å². The summed E-state index contributed by atoms with van der Waals surface area (Å²) in [5, 5.41) is 11.3. The van der Waals surface area contributed by atoms with Crippen molar-refractivity contribution in [3.8, 4) is 0 Å². The minimum absolute atomic E-state index is 0.0469. The van der Waals surface area contributed by atoms with Gasteiger partial charge in [0.25, 0.3) is 5.56 Å². The van der Waals surface area contributed by atoms with Crippen LogP contribution in [0.4, 0.5) is 11.6 Å². The largest absolute Gasteiger partial charge is 0.476 e. The monoisotopic (exact) mass is 322 g/mol. The number of hydrogen-bond donors (Lipinski definition) is 4. The SMILES string of the molecule is Nc1cc(=O)[nH]c(SCC(=O)Nc2cnc(C(=O)O)cn2)n1. The summed E-state index contributed by atoms with van der Waals surface area (Å²) in [5.74, 6) is -1.51. The average Bonchev–Trinajstić information content (AvgIpc) is 2.45. The minimum Gasteiger partial charge on any atom is -0.476 e. The number of amides is 1. The molecule has 11 heteroatoms. The van der Waals surface area contributed by atoms with Gasteiger partial charge in [-0.15, -0.1) is 0 Å². The average molecular weight is 322 g/mol. The molecule has 0 spiro atoms. The van der Waals surface area contributed by atoms with Gasteiger partial charge in [-0.05, 0) is 0 Å². The number of carboxylic acids is 1. The Morgan fingerprint density at radius 1 is 1.36 bits per heavy atom. The third-order valence-electron chi connectivity index (χ3n) is 2.22. The molecule has 0 radical (unpaired) electrons. The predicted octanol–water partition coefficient (Wildman–Crippen LogP) is -0.429. The highest BCUT2D eigenvalue weighted by Gasteiger charge is 2.09. The van der Waals surface area contributed by atoms with Gasteiger partial charge in [0.1, 0.15) is 5.82 Å². The summed E-state index contributed by atoms with van der Waals surface area (Å²) >= 11 is 0.983. The highest BCUT2D eigenvalue weighted by atomic mass is 32.2. The van der Waals surface area contributed by atoms with Crippen LogP contribution < -0.4 is 16.6 Å². The maximum atomic E-state index is 11.7. The summed E-state index contributed by atoms with van der Waals surface area (Å²) in [5.41, 5.74) is 4.78. The normalized spacial score (nSPS) is 10.2. The van der Waals surface area contributed by atoms with E-state index in [0.29, 0.717) is 0 Å². The summed E-state index contributed by atoms with van der Waals surface area (Å²) in [6.07, 6.45) is 2.16. The number of nitrogen functional groups attached to an aromatic ring is 1. The first-order valence-corrected chi connectivity index (χ1v) is 6.77. The molecule has 22 heavy (non-hydrogen) atoms. The first-order chi connectivity index (χ1) is 10.4. The van der Waals surface area contributed by atoms with E-state index in [4.69, 9.17) is 10.8 Å². The van der Waals surface area contributed by atoms with Gasteiger partial charge in [0.2, 0.25) is 5.91 Å². The molecule has 2 heterocycles. The lowest BCUT2D eigenvalue weighted by molar-refractivity contribution is -0.113. The molecule has 0 aliphatic carbocycles. The molecule has 0 unspecified atom stereocenters. The van der Waals surface area contributed by atoms with E-state index in [0.717, 1.165) is 30.2 Å². The number of nitrogens with two attached hydrogens (primary N) is 1. The fraction of sp³-hybridized carbons (Fsp3) is 0.0909. The number of carbonyl (C=O) groups is 2. The second kappa shape index (κ2) is 6.67. The summed E-state index contributed by atoms with van der Waals surface area (Å²) < 4.78 is 0. The Kier molecular flexibility index (Phi) is 4.68. The lowest BCUT2D eigenvalue weighted by atomic mass is 10.4. The van der Waals surface area contributed by atoms with Crippen LogP contribution in [0.15, 0.2) is 28.4 Å². The molecule has 114 valence electrons. The van der Waals surface area contributed by atoms with Crippen molar-refractivity contribution in [2.75, 3.05) is 16.8 Å². The van der Waals surface area contributed by atoms with Gasteiger partial charge < -0.3 is 21.1 Å². The van der Waals surface area contributed by atoms with E-state index in [-0.39, 0.29) is 28.2 Å². The zero-order valence-electron chi connectivity index (χ0n) is 10.9. The number of H-pyrrole nitrogens is 1. The maximum Gasteiger partial charge on any atom is 0.356 e. The number of aromatic carboxylic acids is 1. The van der Waals surface area contributed by atoms with Gasteiger partial charge in [-0.1, -0.05) is 11.8 Å². The van der Waals surface area contributed by atoms with Crippen LogP contribution in [0.5, 0.6) is 0 Å². The van der Waals surface area contributed by atoms with Crippen LogP contribution in [0.1, 0.15) is 10.5 Å². The van der Waals surface area contributed by atoms with Crippen molar-refractivity contribution in [1.29, 1.82) is 0 Å². The Bertz CT molecular complexity index is 760. The van der Waals surface area contributed by atoms with E-state index in [1.807, 2.05) is 0 Å². The van der Waals surface area contributed by atoms with Crippen LogP contribution in [0.2, 0.25) is 0 Å². The molecule has 5 N–H and O–H groups in total. The zero-order chi connectivity index (χ0) is 16.1. The highest BCUT2D eigenvalue weighted by molar-refractivity contribution is 7.99. The van der Waals surface area contributed by atoms with Crippen LogP contribution in [-0.2, 0) is 4.79 Å². The molecule has 0 aliphatic heterocycles. The van der Waals surface area contributed by atoms with Crippen LogP contribution in [-0.4, -0.2) is 42.7 Å². The Labute approximate surface area is 127 Å². The number of anilines is 2. The number of carbonyl (C=O) groups excluding carboxylic acids is 1. The number of aromatic nitrogens is 4. The summed E-state index contributed by atoms with van der Waals surface area (Å²) in [6, 6.07) is 1.13. The van der Waals surface area contributed by atoms with Gasteiger partial charge >= 0.3 is 5.97 Å². The zero-order valence-corrected chi connectivity index (χ0v) is 11.8. The number of rotatable bonds is 5. The standard InChI is InChI=1S/C11H10N6O4S/c12-6-1-8(18)17-11(15-6)22-4-9(19)16-7-3-13-5(2-14-7)10(20)21/h1-3H,4H2,(H,20,21)(H,14,16,19)(H3,12,15,17,18). The summed E-state index contributed by atoms with van der Waals surface area (Å²) in [6.45, 7) is 0. The lowest BCUT2D eigenvalue weighted by Crippen LogP contribution is -2.17. The second-order valence-electron chi connectivity index (χ2n) is 3.90. The molecule has 0 atom stereocenters. The Balaban J connectivity index is 1.92. The molecule has 0 saturated carbocycles. The van der Waals surface area contributed by atoms with E-state index in [2.05, 4.69) is 25.3 Å². The number of hydrogen-bond acceptors (Lipinski definition) is 8. The fourth-order valence-electron chi connectivity index (χ4n) is 1.34. The molecule has 10 nitrogen and oxygen atoms in total. The van der Waals surface area contributed by atoms with E-state index < -0.39 is 17.4 Å². The Hall–Kier alpha value is -2.95. The molecule has 0 bridgehead atoms. The molecule has 2 aromatic heterocycles. The smallest absolute Gasteiger partial charge is 0.356 e. The Morgan fingerprint density at radius 2 is 2.14 bits per heavy atom. The third-order valence-corrected chi connectivity index (χ3v) is 3.09. The first kappa shape index (κ1) is 15.4. The van der Waals surface area contributed by atoms with Gasteiger partial charge in [-0.25, -0.2) is 19.7 Å². The van der Waals surface area contributed by atoms with Gasteiger partial charge in [0.05, 0.1) is 18.1 Å². The number of carboxylic acid groups (broad SMARTS) is 1. The van der Waals surface area contributed by atoms with E-state index >= 15 is 0 Å². The molecular weight excluding hydrogens is 312 g/mol. The molecule has 2 rings (SSSR count). The number of aromatic amines is 1. The van der Waals surface area contributed by atoms with Crippen LogP contribution >= 0.6 is 11.8 Å². The van der Waals surface area contributed by atoms with Crippen molar-refractivity contribution in [3.05, 3.63) is 34.5 Å². The first-order valence-electron chi connectivity index (χ1n) is 5.79. The molecule has 0 saturated heterocycles. The van der Waals surface area contributed by atoms with Crippen LogP contribution in [0.3, 0.4) is 0 Å². The van der Waals surface area contributed by atoms with Crippen molar-refractivity contribution >= 4 is 35.3 Å². The molecule has 0 fully saturated rings. The Morgan fingerprint density at radius 3 is 2.73 bits per heavy atom. The van der Waals surface area contributed by atoms with Gasteiger partial charge in [-0.2, -0.15) is 0 Å². The number of thioether (sulfide) groups is 1. The topological polar surface area (TPSA) is 164 Å². The van der Waals surface area contributed by atoms with Crippen molar-refractivity contribution in [1.82, 2.24) is 19.9 Å². The van der Waals surface area contributed by atoms with Gasteiger partial charge in [0.15, 0.2) is 16.7 Å².